The number of aryl methyl sites for hydroxylation is 1. The molecule has 1 N–H and O–H groups in total. The van der Waals surface area contributed by atoms with Crippen LogP contribution in [-0.4, -0.2) is 9.97 Å². The average Bonchev–Trinajstić information content (AvgIpc) is 3.15. The quantitative estimate of drug-likeness (QED) is 0.548. The first-order valence-electron chi connectivity index (χ1n) is 8.42. The number of aromatic nitrogens is 2. The molecule has 0 amide bonds. The summed E-state index contributed by atoms with van der Waals surface area (Å²) in [5.41, 5.74) is 2.44. The Morgan fingerprint density at radius 2 is 1.96 bits per heavy atom. The maximum atomic E-state index is 12.3. The highest BCUT2D eigenvalue weighted by Crippen LogP contribution is 2.24. The summed E-state index contributed by atoms with van der Waals surface area (Å²) in [7, 11) is 0. The summed E-state index contributed by atoms with van der Waals surface area (Å²) in [6.07, 6.45) is 1.58. The topological polar surface area (TPSA) is 82.7 Å². The molecule has 2 aromatic carbocycles. The van der Waals surface area contributed by atoms with Gasteiger partial charge in [-0.25, -0.2) is 4.98 Å². The van der Waals surface area contributed by atoms with Crippen LogP contribution in [0.1, 0.15) is 17.1 Å². The number of furan rings is 1. The summed E-state index contributed by atoms with van der Waals surface area (Å²) in [4.78, 5) is 19.4. The lowest BCUT2D eigenvalue weighted by molar-refractivity contribution is 0.572. The SMILES string of the molecule is Cc1ccc2c(=O)[nH]c(/C(C#N)=C/c3ccc(-c4ccccc4)o3)nc2c1. The Morgan fingerprint density at radius 3 is 2.74 bits per heavy atom. The maximum Gasteiger partial charge on any atom is 0.259 e. The van der Waals surface area contributed by atoms with Gasteiger partial charge in [-0.1, -0.05) is 36.4 Å². The van der Waals surface area contributed by atoms with Crippen LogP contribution in [0.4, 0.5) is 0 Å². The lowest BCUT2D eigenvalue weighted by Crippen LogP contribution is -2.11. The zero-order valence-electron chi connectivity index (χ0n) is 14.6. The van der Waals surface area contributed by atoms with Gasteiger partial charge in [0.05, 0.1) is 16.5 Å². The van der Waals surface area contributed by atoms with Crippen LogP contribution < -0.4 is 5.56 Å². The Balaban J connectivity index is 1.77. The molecule has 0 spiro atoms. The fourth-order valence-corrected chi connectivity index (χ4v) is 2.86. The van der Waals surface area contributed by atoms with E-state index in [2.05, 4.69) is 16.0 Å². The summed E-state index contributed by atoms with van der Waals surface area (Å²) >= 11 is 0. The van der Waals surface area contributed by atoms with Gasteiger partial charge in [-0.2, -0.15) is 5.26 Å². The van der Waals surface area contributed by atoms with E-state index in [-0.39, 0.29) is 17.0 Å². The molecule has 5 heteroatoms. The van der Waals surface area contributed by atoms with Crippen molar-refractivity contribution in [2.24, 2.45) is 0 Å². The van der Waals surface area contributed by atoms with E-state index in [0.717, 1.165) is 11.1 Å². The third kappa shape index (κ3) is 3.29. The fraction of sp³-hybridized carbons (Fsp3) is 0.0455. The van der Waals surface area contributed by atoms with E-state index in [1.807, 2.05) is 55.5 Å². The first kappa shape index (κ1) is 16.6. The van der Waals surface area contributed by atoms with Gasteiger partial charge < -0.3 is 9.40 Å². The Kier molecular flexibility index (Phi) is 4.15. The predicted molar refractivity (Wildman–Crippen MR) is 105 cm³/mol. The number of nitrogens with zero attached hydrogens (tertiary/aromatic N) is 2. The lowest BCUT2D eigenvalue weighted by atomic mass is 10.1. The molecule has 4 rings (SSSR count). The van der Waals surface area contributed by atoms with Gasteiger partial charge in [0, 0.05) is 11.6 Å². The van der Waals surface area contributed by atoms with Crippen LogP contribution >= 0.6 is 0 Å². The maximum absolute atomic E-state index is 12.3. The van der Waals surface area contributed by atoms with Crippen molar-refractivity contribution < 1.29 is 4.42 Å². The van der Waals surface area contributed by atoms with Gasteiger partial charge in [0.1, 0.15) is 17.6 Å². The van der Waals surface area contributed by atoms with E-state index in [1.165, 1.54) is 0 Å². The van der Waals surface area contributed by atoms with Crippen LogP contribution in [0.25, 0.3) is 33.9 Å². The van der Waals surface area contributed by atoms with Gasteiger partial charge in [0.15, 0.2) is 5.82 Å². The van der Waals surface area contributed by atoms with E-state index in [9.17, 15) is 10.1 Å². The molecule has 4 aromatic rings. The number of rotatable bonds is 3. The molecule has 2 aromatic heterocycles. The van der Waals surface area contributed by atoms with Gasteiger partial charge in [-0.3, -0.25) is 4.79 Å². The molecule has 0 radical (unpaired) electrons. The molecule has 0 fully saturated rings. The summed E-state index contributed by atoms with van der Waals surface area (Å²) in [6, 6.07) is 20.8. The number of allylic oxidation sites excluding steroid dienone is 1. The van der Waals surface area contributed by atoms with E-state index in [4.69, 9.17) is 4.42 Å². The van der Waals surface area contributed by atoms with Crippen molar-refractivity contribution in [3.63, 3.8) is 0 Å². The molecule has 2 heterocycles. The Morgan fingerprint density at radius 1 is 1.15 bits per heavy atom. The van der Waals surface area contributed by atoms with Crippen molar-refractivity contribution in [2.75, 3.05) is 0 Å². The fourth-order valence-electron chi connectivity index (χ4n) is 2.86. The molecule has 5 nitrogen and oxygen atoms in total. The van der Waals surface area contributed by atoms with Gasteiger partial charge in [-0.15, -0.1) is 0 Å². The predicted octanol–water partition coefficient (Wildman–Crippen LogP) is 4.56. The minimum Gasteiger partial charge on any atom is -0.457 e. The Hall–Kier alpha value is -3.91. The van der Waals surface area contributed by atoms with Crippen molar-refractivity contribution in [1.29, 1.82) is 5.26 Å². The highest BCUT2D eigenvalue weighted by atomic mass is 16.3. The first-order chi connectivity index (χ1) is 13.1. The molecule has 0 saturated heterocycles. The van der Waals surface area contributed by atoms with Crippen LogP contribution in [0.15, 0.2) is 69.9 Å². The highest BCUT2D eigenvalue weighted by molar-refractivity contribution is 5.88. The van der Waals surface area contributed by atoms with Gasteiger partial charge in [0.2, 0.25) is 0 Å². The molecular weight excluding hydrogens is 338 g/mol. The van der Waals surface area contributed by atoms with E-state index >= 15 is 0 Å². The number of hydrogen-bond donors (Lipinski definition) is 1. The van der Waals surface area contributed by atoms with E-state index in [0.29, 0.717) is 22.4 Å². The smallest absolute Gasteiger partial charge is 0.259 e. The molecule has 0 aliphatic rings. The Labute approximate surface area is 155 Å². The minimum atomic E-state index is -0.277. The standard InChI is InChI=1S/C22H15N3O2/c1-14-7-9-18-19(11-14)24-21(25-22(18)26)16(13-23)12-17-8-10-20(27-17)15-5-3-2-4-6-15/h2-12H,1H3,(H,24,25,26)/b16-12+. The molecule has 0 aliphatic heterocycles. The zero-order valence-corrected chi connectivity index (χ0v) is 14.6. The minimum absolute atomic E-state index is 0.221. The largest absolute Gasteiger partial charge is 0.457 e. The van der Waals surface area contributed by atoms with Crippen LogP contribution in [0.3, 0.4) is 0 Å². The number of hydrogen-bond acceptors (Lipinski definition) is 4. The summed E-state index contributed by atoms with van der Waals surface area (Å²) < 4.78 is 5.81. The summed E-state index contributed by atoms with van der Waals surface area (Å²) in [5.74, 6) is 1.44. The van der Waals surface area contributed by atoms with Crippen molar-refractivity contribution >= 4 is 22.6 Å². The van der Waals surface area contributed by atoms with E-state index in [1.54, 1.807) is 18.2 Å². The zero-order chi connectivity index (χ0) is 18.8. The Bertz CT molecular complexity index is 1260. The second-order valence-corrected chi connectivity index (χ2v) is 6.17. The van der Waals surface area contributed by atoms with Crippen molar-refractivity contribution in [3.8, 4) is 17.4 Å². The molecule has 0 saturated carbocycles. The summed E-state index contributed by atoms with van der Waals surface area (Å²) in [5, 5.41) is 10.1. The van der Waals surface area contributed by atoms with Gasteiger partial charge in [0.25, 0.3) is 5.56 Å². The van der Waals surface area contributed by atoms with E-state index < -0.39 is 0 Å². The van der Waals surface area contributed by atoms with Crippen LogP contribution in [0.2, 0.25) is 0 Å². The van der Waals surface area contributed by atoms with Crippen molar-refractivity contribution in [1.82, 2.24) is 9.97 Å². The highest BCUT2D eigenvalue weighted by Gasteiger charge is 2.10. The summed E-state index contributed by atoms with van der Waals surface area (Å²) in [6.45, 7) is 1.93. The number of fused-ring (bicyclic) bond motifs is 1. The second-order valence-electron chi connectivity index (χ2n) is 6.17. The molecular formula is C22H15N3O2. The van der Waals surface area contributed by atoms with Crippen LogP contribution in [0, 0.1) is 18.3 Å². The second kappa shape index (κ2) is 6.77. The number of aromatic amines is 1. The van der Waals surface area contributed by atoms with Crippen LogP contribution in [-0.2, 0) is 0 Å². The average molecular weight is 353 g/mol. The lowest BCUT2D eigenvalue weighted by Gasteiger charge is -2.02. The monoisotopic (exact) mass is 353 g/mol. The molecule has 0 aliphatic carbocycles. The van der Waals surface area contributed by atoms with Crippen LogP contribution in [0.5, 0.6) is 0 Å². The third-order valence-electron chi connectivity index (χ3n) is 4.21. The van der Waals surface area contributed by atoms with Crippen molar-refractivity contribution in [3.05, 3.63) is 88.2 Å². The normalized spacial score (nSPS) is 11.5. The molecule has 27 heavy (non-hydrogen) atoms. The van der Waals surface area contributed by atoms with Gasteiger partial charge in [-0.05, 0) is 36.8 Å². The molecule has 0 atom stereocenters. The first-order valence-corrected chi connectivity index (χ1v) is 8.42. The molecule has 0 unspecified atom stereocenters. The molecule has 130 valence electrons. The molecule has 0 bridgehead atoms. The number of nitriles is 1. The van der Waals surface area contributed by atoms with Gasteiger partial charge >= 0.3 is 0 Å². The number of nitrogens with one attached hydrogen (secondary N) is 1. The number of H-pyrrole nitrogens is 1. The third-order valence-corrected chi connectivity index (χ3v) is 4.21. The van der Waals surface area contributed by atoms with Crippen molar-refractivity contribution in [2.45, 2.75) is 6.92 Å². The number of benzene rings is 2.